The number of aromatic nitrogens is 6. The molecular formula is C98H62N6O2. The molecule has 106 heavy (non-hydrogen) atoms. The first-order chi connectivity index (χ1) is 52.5. The van der Waals surface area contributed by atoms with Crippen LogP contribution >= 0.6 is 0 Å². The van der Waals surface area contributed by atoms with Gasteiger partial charge in [-0.2, -0.15) is 0 Å². The summed E-state index contributed by atoms with van der Waals surface area (Å²) in [5.41, 5.74) is 20.4. The number of nitrogens with zero attached hydrogens (tertiary/aromatic N) is 6. The Morgan fingerprint density at radius 2 is 0.708 bits per heavy atom. The molecule has 0 bridgehead atoms. The number of benzene rings is 15. The smallest absolute Gasteiger partial charge is 0.164 e. The van der Waals surface area contributed by atoms with Crippen molar-refractivity contribution in [3.63, 3.8) is 0 Å². The molecule has 19 aromatic rings. The largest absolute Gasteiger partial charge is 0.460 e. The van der Waals surface area contributed by atoms with Gasteiger partial charge < -0.3 is 8.83 Å². The summed E-state index contributed by atoms with van der Waals surface area (Å²) < 4.78 is 14.3. The number of rotatable bonds is 11. The van der Waals surface area contributed by atoms with Crippen LogP contribution < -0.4 is 0 Å². The third-order valence-electron chi connectivity index (χ3n) is 21.4. The molecule has 2 aliphatic rings. The summed E-state index contributed by atoms with van der Waals surface area (Å²) >= 11 is 0. The maximum absolute atomic E-state index is 7.28. The highest BCUT2D eigenvalue weighted by molar-refractivity contribution is 6.23. The average molecular weight is 1360 g/mol. The van der Waals surface area contributed by atoms with Gasteiger partial charge in [-0.15, -0.1) is 0 Å². The van der Waals surface area contributed by atoms with Crippen LogP contribution in [0.25, 0.3) is 199 Å². The summed E-state index contributed by atoms with van der Waals surface area (Å²) in [6.45, 7) is 0. The van der Waals surface area contributed by atoms with Crippen molar-refractivity contribution in [2.24, 2.45) is 0 Å². The van der Waals surface area contributed by atoms with E-state index in [-0.39, 0.29) is 0 Å². The minimum absolute atomic E-state index is 0.573. The molecule has 0 radical (unpaired) electrons. The van der Waals surface area contributed by atoms with Gasteiger partial charge in [0.15, 0.2) is 34.9 Å². The summed E-state index contributed by atoms with van der Waals surface area (Å²) in [5, 5.41) is 13.9. The molecule has 2 aliphatic carbocycles. The molecule has 0 aliphatic heterocycles. The Kier molecular flexibility index (Phi) is 14.4. The van der Waals surface area contributed by atoms with E-state index in [1.807, 2.05) is 24.3 Å². The highest BCUT2D eigenvalue weighted by Crippen LogP contribution is 2.48. The Bertz CT molecular complexity index is 6930. The van der Waals surface area contributed by atoms with Crippen LogP contribution in [0.1, 0.15) is 42.0 Å². The molecular weight excluding hydrogens is 1290 g/mol. The van der Waals surface area contributed by atoms with Crippen molar-refractivity contribution >= 4 is 97.9 Å². The van der Waals surface area contributed by atoms with Crippen LogP contribution in [0.5, 0.6) is 0 Å². The first kappa shape index (κ1) is 60.9. The van der Waals surface area contributed by atoms with Crippen LogP contribution in [0.3, 0.4) is 0 Å². The zero-order valence-electron chi connectivity index (χ0n) is 57.5. The highest BCUT2D eigenvalue weighted by atomic mass is 16.3. The summed E-state index contributed by atoms with van der Waals surface area (Å²) in [6.07, 6.45) is 12.3. The number of hydrogen-bond donors (Lipinski definition) is 0. The second kappa shape index (κ2) is 25.0. The summed E-state index contributed by atoms with van der Waals surface area (Å²) in [5.74, 6) is 4.66. The quantitative estimate of drug-likeness (QED) is 0.126. The molecule has 0 amide bonds. The first-order valence-electron chi connectivity index (χ1n) is 36.3. The molecule has 0 spiro atoms. The lowest BCUT2D eigenvalue weighted by atomic mass is 9.87. The number of hydrogen-bond acceptors (Lipinski definition) is 8. The molecule has 0 fully saturated rings. The molecule has 0 saturated heterocycles. The van der Waals surface area contributed by atoms with Gasteiger partial charge in [-0.05, 0) is 172 Å². The van der Waals surface area contributed by atoms with Crippen molar-refractivity contribution in [3.05, 3.63) is 350 Å². The zero-order chi connectivity index (χ0) is 69.8. The van der Waals surface area contributed by atoms with E-state index in [9.17, 15) is 0 Å². The Hall–Kier alpha value is -13.8. The van der Waals surface area contributed by atoms with Crippen molar-refractivity contribution in [2.45, 2.75) is 25.7 Å². The maximum atomic E-state index is 7.28. The topological polar surface area (TPSA) is 104 Å². The van der Waals surface area contributed by atoms with Crippen LogP contribution in [0, 0.1) is 0 Å². The minimum atomic E-state index is 0.573. The van der Waals surface area contributed by atoms with E-state index < -0.39 is 0 Å². The minimum Gasteiger partial charge on any atom is -0.460 e. The first-order valence-corrected chi connectivity index (χ1v) is 36.3. The lowest BCUT2D eigenvalue weighted by Crippen LogP contribution is -2.04. The van der Waals surface area contributed by atoms with Crippen molar-refractivity contribution in [3.8, 4) is 101 Å². The van der Waals surface area contributed by atoms with E-state index in [1.54, 1.807) is 0 Å². The number of fused-ring (bicyclic) bond motifs is 13. The fourth-order valence-corrected chi connectivity index (χ4v) is 16.1. The van der Waals surface area contributed by atoms with Crippen LogP contribution in [-0.2, 0) is 6.42 Å². The fraction of sp³-hybridized carbons (Fsp3) is 0.0408. The Labute approximate surface area is 610 Å². The normalized spacial score (nSPS) is 13.0. The van der Waals surface area contributed by atoms with Crippen LogP contribution in [-0.4, -0.2) is 29.9 Å². The van der Waals surface area contributed by atoms with E-state index in [2.05, 4.69) is 303 Å². The van der Waals surface area contributed by atoms with Crippen LogP contribution in [0.15, 0.2) is 336 Å². The van der Waals surface area contributed by atoms with Gasteiger partial charge in [-0.1, -0.05) is 279 Å². The predicted octanol–water partition coefficient (Wildman–Crippen LogP) is 25.6. The van der Waals surface area contributed by atoms with Gasteiger partial charge in [0, 0.05) is 66.7 Å². The van der Waals surface area contributed by atoms with Gasteiger partial charge in [0.05, 0.1) is 0 Å². The molecule has 0 atom stereocenters. The van der Waals surface area contributed by atoms with Gasteiger partial charge in [-0.25, -0.2) is 29.9 Å². The fourth-order valence-electron chi connectivity index (χ4n) is 16.1. The Balaban J connectivity index is 0.677. The number of allylic oxidation sites excluding steroid dienone is 5. The second-order valence-corrected chi connectivity index (χ2v) is 27.8. The van der Waals surface area contributed by atoms with Crippen molar-refractivity contribution in [1.82, 2.24) is 29.9 Å². The monoisotopic (exact) mass is 1350 g/mol. The molecule has 4 heterocycles. The summed E-state index contributed by atoms with van der Waals surface area (Å²) in [7, 11) is 0. The highest BCUT2D eigenvalue weighted by Gasteiger charge is 2.28. The van der Waals surface area contributed by atoms with E-state index in [0.717, 1.165) is 180 Å². The SMILES string of the molecule is C1=CCCC(c2nc(-c3ccc4cc(-c5cc(-c6ccc7ccccc7c6)c6c(c5)oc5c7ccccc7c(-c7nc(-c8ccccc8)nc(-c8ccc(-c9ccccc9)cc8)n7)cc56)ccc4c3)nc(-c3cc4c5c(oc4c4ccccc34)CCC=C5c3ccc(-c4ccc5ccccc5c4)cc3)n2)=C1. The second-order valence-electron chi connectivity index (χ2n) is 27.8. The van der Waals surface area contributed by atoms with Crippen LogP contribution in [0.4, 0.5) is 0 Å². The molecule has 8 nitrogen and oxygen atoms in total. The van der Waals surface area contributed by atoms with Crippen molar-refractivity contribution in [1.29, 1.82) is 0 Å². The standard InChI is InChI=1S/C98H62N6O2/c1-4-19-59(20-5-1)62-37-43-67(44-38-62)95-99-93(65-23-6-2-7-24-65)101-97(103-95)84-58-86-90-82(74-49-40-61-22-11-13-28-69(61)53-74)55-76(56-88(90)106-92(86)81-32-17-15-30-79(81)84)73-47-46-72-54-75(50-48-71(72)52-73)96-100-94(66-25-8-3-9-26-66)102-98(104-96)83-57-85-89-77(33-18-34-87(89)105-91(85)80-31-16-14-29-78(80)83)64-41-35-63(36-42-64)70-45-39-60-21-10-12-27-68(60)51-70/h1-8,10-17,19-25,27-33,35-58H,9,18,26,34H2. The zero-order valence-corrected chi connectivity index (χ0v) is 57.5. The molecule has 15 aromatic carbocycles. The summed E-state index contributed by atoms with van der Waals surface area (Å²) in [6, 6.07) is 108. The molecule has 8 heteroatoms. The van der Waals surface area contributed by atoms with Crippen molar-refractivity contribution in [2.75, 3.05) is 0 Å². The van der Waals surface area contributed by atoms with Crippen LogP contribution in [0.2, 0.25) is 0 Å². The van der Waals surface area contributed by atoms with Gasteiger partial charge in [0.1, 0.15) is 22.5 Å². The third kappa shape index (κ3) is 10.6. The lowest BCUT2D eigenvalue weighted by Gasteiger charge is -2.15. The van der Waals surface area contributed by atoms with Gasteiger partial charge in [-0.3, -0.25) is 0 Å². The summed E-state index contributed by atoms with van der Waals surface area (Å²) in [4.78, 5) is 32.1. The van der Waals surface area contributed by atoms with E-state index in [4.69, 9.17) is 38.7 Å². The van der Waals surface area contributed by atoms with Gasteiger partial charge in [0.2, 0.25) is 0 Å². The average Bonchev–Trinajstić information content (AvgIpc) is 1.55. The Morgan fingerprint density at radius 1 is 0.264 bits per heavy atom. The van der Waals surface area contributed by atoms with Crippen molar-refractivity contribution < 1.29 is 8.83 Å². The number of aryl methyl sites for hydroxylation is 1. The molecule has 496 valence electrons. The van der Waals surface area contributed by atoms with E-state index >= 15 is 0 Å². The lowest BCUT2D eigenvalue weighted by molar-refractivity contribution is 0.548. The Morgan fingerprint density at radius 3 is 1.36 bits per heavy atom. The van der Waals surface area contributed by atoms with E-state index in [0.29, 0.717) is 34.9 Å². The maximum Gasteiger partial charge on any atom is 0.164 e. The van der Waals surface area contributed by atoms with E-state index in [1.165, 1.54) is 32.9 Å². The molecule has 0 N–H and O–H groups in total. The molecule has 0 unspecified atom stereocenters. The molecule has 0 saturated carbocycles. The van der Waals surface area contributed by atoms with Gasteiger partial charge in [0.25, 0.3) is 0 Å². The third-order valence-corrected chi connectivity index (χ3v) is 21.4. The van der Waals surface area contributed by atoms with Gasteiger partial charge >= 0.3 is 0 Å². The number of furan rings is 2. The predicted molar refractivity (Wildman–Crippen MR) is 435 cm³/mol. The molecule has 4 aromatic heterocycles. The molecule has 21 rings (SSSR count).